The van der Waals surface area contributed by atoms with Crippen molar-refractivity contribution in [3.63, 3.8) is 0 Å². The number of aliphatic imine (C=N–C) groups is 1. The molecule has 1 heterocycles. The molecule has 1 aliphatic heterocycles. The number of alkyl halides is 3. The first-order valence-electron chi connectivity index (χ1n) is 4.60. The van der Waals surface area contributed by atoms with Crippen molar-refractivity contribution in [1.82, 2.24) is 0 Å². The molecule has 1 unspecified atom stereocenters. The van der Waals surface area contributed by atoms with Crippen LogP contribution in [-0.4, -0.2) is 12.6 Å². The smallest absolute Gasteiger partial charge is 0.416 e. The molecule has 1 atom stereocenters. The van der Waals surface area contributed by atoms with E-state index in [2.05, 4.69) is 4.99 Å². The lowest BCUT2D eigenvalue weighted by molar-refractivity contribution is -0.137. The Hall–Kier alpha value is -1.43. The highest BCUT2D eigenvalue weighted by atomic mass is 35.5. The molecule has 2 rings (SSSR count). The number of hydrogen-bond acceptors (Lipinski definition) is 3. The number of nitrogens with zero attached hydrogens (tertiary/aromatic N) is 1. The van der Waals surface area contributed by atoms with Crippen LogP contribution in [0.5, 0.6) is 0 Å². The molecular formula is C10H10ClF3N2O. The quantitative estimate of drug-likeness (QED) is 0.849. The third kappa shape index (κ3) is 3.03. The molecule has 0 saturated carbocycles. The minimum atomic E-state index is -4.31. The van der Waals surface area contributed by atoms with Gasteiger partial charge in [-0.1, -0.05) is 12.1 Å². The van der Waals surface area contributed by atoms with Gasteiger partial charge in [0.1, 0.15) is 6.10 Å². The van der Waals surface area contributed by atoms with Gasteiger partial charge in [0, 0.05) is 0 Å². The van der Waals surface area contributed by atoms with E-state index in [1.807, 2.05) is 0 Å². The first-order valence-corrected chi connectivity index (χ1v) is 4.60. The van der Waals surface area contributed by atoms with E-state index in [9.17, 15) is 13.2 Å². The van der Waals surface area contributed by atoms with Crippen LogP contribution in [0, 0.1) is 0 Å². The maximum absolute atomic E-state index is 12.3. The van der Waals surface area contributed by atoms with Gasteiger partial charge in [0.2, 0.25) is 0 Å². The van der Waals surface area contributed by atoms with Crippen molar-refractivity contribution in [1.29, 1.82) is 0 Å². The monoisotopic (exact) mass is 266 g/mol. The topological polar surface area (TPSA) is 47.6 Å². The number of rotatable bonds is 1. The zero-order chi connectivity index (χ0) is 11.8. The van der Waals surface area contributed by atoms with Gasteiger partial charge < -0.3 is 10.5 Å². The Labute approximate surface area is 102 Å². The molecule has 0 aromatic heterocycles. The maximum Gasteiger partial charge on any atom is 0.416 e. The minimum Gasteiger partial charge on any atom is -0.455 e. The molecule has 17 heavy (non-hydrogen) atoms. The van der Waals surface area contributed by atoms with Crippen LogP contribution >= 0.6 is 12.4 Å². The van der Waals surface area contributed by atoms with Crippen LogP contribution in [0.25, 0.3) is 0 Å². The molecule has 0 saturated heterocycles. The standard InChI is InChI=1S/C10H9F3N2O.ClH/c11-10(12,13)7-3-1-6(2-4-7)8-5-15-9(14)16-8;/h1-4,8H,5H2,(H2,14,15);1H. The van der Waals surface area contributed by atoms with Crippen molar-refractivity contribution in [3.8, 4) is 0 Å². The van der Waals surface area contributed by atoms with Crippen LogP contribution in [0.3, 0.4) is 0 Å². The summed E-state index contributed by atoms with van der Waals surface area (Å²) >= 11 is 0. The van der Waals surface area contributed by atoms with Gasteiger partial charge in [-0.05, 0) is 17.7 Å². The zero-order valence-corrected chi connectivity index (χ0v) is 9.39. The van der Waals surface area contributed by atoms with Crippen molar-refractivity contribution >= 4 is 18.4 Å². The summed E-state index contributed by atoms with van der Waals surface area (Å²) in [7, 11) is 0. The third-order valence-corrected chi connectivity index (χ3v) is 2.29. The minimum absolute atomic E-state index is 0. The normalized spacial score (nSPS) is 19.2. The second-order valence-electron chi connectivity index (χ2n) is 3.41. The second-order valence-corrected chi connectivity index (χ2v) is 3.41. The van der Waals surface area contributed by atoms with E-state index in [0.29, 0.717) is 12.1 Å². The summed E-state index contributed by atoms with van der Waals surface area (Å²) in [5.41, 5.74) is 5.27. The largest absolute Gasteiger partial charge is 0.455 e. The lowest BCUT2D eigenvalue weighted by Crippen LogP contribution is -2.13. The van der Waals surface area contributed by atoms with Crippen molar-refractivity contribution in [2.75, 3.05) is 6.54 Å². The average Bonchev–Trinajstić information content (AvgIpc) is 2.64. The summed E-state index contributed by atoms with van der Waals surface area (Å²) in [6, 6.07) is 4.87. The van der Waals surface area contributed by atoms with E-state index in [1.165, 1.54) is 12.1 Å². The number of benzene rings is 1. The Morgan fingerprint density at radius 3 is 2.24 bits per heavy atom. The number of ether oxygens (including phenoxy) is 1. The Morgan fingerprint density at radius 1 is 1.24 bits per heavy atom. The molecule has 0 radical (unpaired) electrons. The van der Waals surface area contributed by atoms with Crippen LogP contribution in [0.2, 0.25) is 0 Å². The molecule has 1 aromatic rings. The molecule has 94 valence electrons. The van der Waals surface area contributed by atoms with Gasteiger partial charge in [0.05, 0.1) is 12.1 Å². The first kappa shape index (κ1) is 13.6. The predicted octanol–water partition coefficient (Wildman–Crippen LogP) is 2.51. The summed E-state index contributed by atoms with van der Waals surface area (Å²) in [6.45, 7) is 0.344. The zero-order valence-electron chi connectivity index (χ0n) is 8.57. The molecule has 7 heteroatoms. The molecule has 0 spiro atoms. The number of halogens is 4. The molecule has 0 aliphatic carbocycles. The second kappa shape index (κ2) is 4.83. The van der Waals surface area contributed by atoms with E-state index in [-0.39, 0.29) is 24.5 Å². The van der Waals surface area contributed by atoms with Crippen molar-refractivity contribution in [2.24, 2.45) is 10.7 Å². The molecule has 0 amide bonds. The fourth-order valence-electron chi connectivity index (χ4n) is 1.45. The summed E-state index contributed by atoms with van der Waals surface area (Å²) < 4.78 is 42.0. The van der Waals surface area contributed by atoms with Crippen molar-refractivity contribution in [2.45, 2.75) is 12.3 Å². The predicted molar refractivity (Wildman–Crippen MR) is 59.0 cm³/mol. The van der Waals surface area contributed by atoms with Crippen LogP contribution in [0.4, 0.5) is 13.2 Å². The van der Waals surface area contributed by atoms with E-state index in [0.717, 1.165) is 12.1 Å². The van der Waals surface area contributed by atoms with Crippen LogP contribution < -0.4 is 5.73 Å². The van der Waals surface area contributed by atoms with E-state index >= 15 is 0 Å². The molecule has 1 aliphatic rings. The van der Waals surface area contributed by atoms with Crippen molar-refractivity contribution < 1.29 is 17.9 Å². The molecule has 2 N–H and O–H groups in total. The van der Waals surface area contributed by atoms with Gasteiger partial charge in [-0.25, -0.2) is 4.99 Å². The average molecular weight is 267 g/mol. The van der Waals surface area contributed by atoms with Gasteiger partial charge in [-0.2, -0.15) is 13.2 Å². The SMILES string of the molecule is Cl.NC1=NCC(c2ccc(C(F)(F)F)cc2)O1. The maximum atomic E-state index is 12.3. The molecule has 3 nitrogen and oxygen atoms in total. The van der Waals surface area contributed by atoms with Crippen LogP contribution in [0.1, 0.15) is 17.2 Å². The Bertz CT molecular complexity index is 417. The van der Waals surface area contributed by atoms with Gasteiger partial charge >= 0.3 is 6.18 Å². The number of hydrogen-bond donors (Lipinski definition) is 1. The van der Waals surface area contributed by atoms with Gasteiger partial charge in [0.15, 0.2) is 0 Å². The van der Waals surface area contributed by atoms with Gasteiger partial charge in [-0.3, -0.25) is 0 Å². The summed E-state index contributed by atoms with van der Waals surface area (Å²) in [5, 5.41) is 0. The fourth-order valence-corrected chi connectivity index (χ4v) is 1.45. The lowest BCUT2D eigenvalue weighted by atomic mass is 10.1. The first-order chi connectivity index (χ1) is 7.47. The fraction of sp³-hybridized carbons (Fsp3) is 0.300. The van der Waals surface area contributed by atoms with Crippen LogP contribution in [-0.2, 0) is 10.9 Å². The highest BCUT2D eigenvalue weighted by molar-refractivity contribution is 5.85. The van der Waals surface area contributed by atoms with Gasteiger partial charge in [0.25, 0.3) is 6.02 Å². The van der Waals surface area contributed by atoms with E-state index in [1.54, 1.807) is 0 Å². The molecule has 1 aromatic carbocycles. The highest BCUT2D eigenvalue weighted by Crippen LogP contribution is 2.30. The molecule has 0 fully saturated rings. The van der Waals surface area contributed by atoms with E-state index < -0.39 is 11.7 Å². The van der Waals surface area contributed by atoms with E-state index in [4.69, 9.17) is 10.5 Å². The Balaban J connectivity index is 0.00000144. The Kier molecular flexibility index (Phi) is 3.87. The van der Waals surface area contributed by atoms with Crippen LogP contribution in [0.15, 0.2) is 29.3 Å². The Morgan fingerprint density at radius 2 is 1.82 bits per heavy atom. The summed E-state index contributed by atoms with van der Waals surface area (Å²) in [5.74, 6) is 0. The van der Waals surface area contributed by atoms with Gasteiger partial charge in [-0.15, -0.1) is 12.4 Å². The summed E-state index contributed by atoms with van der Waals surface area (Å²) in [6.07, 6.45) is -4.69. The highest BCUT2D eigenvalue weighted by Gasteiger charge is 2.30. The lowest BCUT2D eigenvalue weighted by Gasteiger charge is -2.11. The number of amidine groups is 1. The third-order valence-electron chi connectivity index (χ3n) is 2.29. The molecule has 0 bridgehead atoms. The van der Waals surface area contributed by atoms with Crippen molar-refractivity contribution in [3.05, 3.63) is 35.4 Å². The molecular weight excluding hydrogens is 257 g/mol. The summed E-state index contributed by atoms with van der Waals surface area (Å²) in [4.78, 5) is 3.82. The number of nitrogens with two attached hydrogens (primary N) is 1.